The quantitative estimate of drug-likeness (QED) is 0.330. The van der Waals surface area contributed by atoms with Gasteiger partial charge in [0.15, 0.2) is 0 Å². The van der Waals surface area contributed by atoms with Crippen molar-refractivity contribution < 1.29 is 14.4 Å². The van der Waals surface area contributed by atoms with Crippen LogP contribution < -0.4 is 5.32 Å². The predicted molar refractivity (Wildman–Crippen MR) is 49.6 cm³/mol. The Hall–Kier alpha value is 0.0569. The van der Waals surface area contributed by atoms with E-state index in [0.29, 0.717) is 6.54 Å². The SMILES string of the molecule is CCCCCNCC[Si](O)(O)O. The molecule has 0 aliphatic carbocycles. The molecule has 0 aliphatic heterocycles. The number of unbranched alkanes of at least 4 members (excludes halogenated alkanes) is 2. The third kappa shape index (κ3) is 10.1. The largest absolute Gasteiger partial charge is 0.494 e. The van der Waals surface area contributed by atoms with Gasteiger partial charge in [-0.15, -0.1) is 0 Å². The second-order valence-corrected chi connectivity index (χ2v) is 5.03. The van der Waals surface area contributed by atoms with Gasteiger partial charge in [-0.3, -0.25) is 0 Å². The van der Waals surface area contributed by atoms with Crippen LogP contribution in [0.25, 0.3) is 0 Å². The van der Waals surface area contributed by atoms with Gasteiger partial charge < -0.3 is 19.7 Å². The Kier molecular flexibility index (Phi) is 6.59. The van der Waals surface area contributed by atoms with E-state index in [1.54, 1.807) is 0 Å². The van der Waals surface area contributed by atoms with Gasteiger partial charge in [-0.25, -0.2) is 0 Å². The monoisotopic (exact) mass is 193 g/mol. The topological polar surface area (TPSA) is 72.7 Å². The number of hydrogen-bond acceptors (Lipinski definition) is 4. The molecule has 0 fully saturated rings. The van der Waals surface area contributed by atoms with Crippen LogP contribution in [-0.2, 0) is 0 Å². The minimum Gasteiger partial charge on any atom is -0.390 e. The fourth-order valence-electron chi connectivity index (χ4n) is 0.881. The first-order valence-corrected chi connectivity index (χ1v) is 6.49. The minimum atomic E-state index is -3.79. The molecule has 0 spiro atoms. The Morgan fingerprint density at radius 1 is 1.08 bits per heavy atom. The maximum absolute atomic E-state index is 8.63. The zero-order valence-electron chi connectivity index (χ0n) is 7.58. The van der Waals surface area contributed by atoms with E-state index in [1.807, 2.05) is 0 Å². The van der Waals surface area contributed by atoms with E-state index in [0.717, 1.165) is 13.0 Å². The lowest BCUT2D eigenvalue weighted by atomic mass is 10.2. The molecule has 0 unspecified atom stereocenters. The summed E-state index contributed by atoms with van der Waals surface area (Å²) in [6, 6.07) is 0.0825. The zero-order valence-corrected chi connectivity index (χ0v) is 8.58. The third-order valence-corrected chi connectivity index (χ3v) is 2.52. The summed E-state index contributed by atoms with van der Waals surface area (Å²) in [7, 11) is -3.79. The molecule has 0 aliphatic rings. The zero-order chi connectivity index (χ0) is 9.45. The normalized spacial score (nSPS) is 12.0. The fraction of sp³-hybridized carbons (Fsp3) is 1.00. The first-order valence-electron chi connectivity index (χ1n) is 4.44. The van der Waals surface area contributed by atoms with Gasteiger partial charge in [0, 0.05) is 6.04 Å². The van der Waals surface area contributed by atoms with Crippen molar-refractivity contribution >= 4 is 8.80 Å². The van der Waals surface area contributed by atoms with Gasteiger partial charge in [0.2, 0.25) is 0 Å². The van der Waals surface area contributed by atoms with Gasteiger partial charge in [-0.2, -0.15) is 0 Å². The van der Waals surface area contributed by atoms with Crippen LogP contribution in [0.15, 0.2) is 0 Å². The van der Waals surface area contributed by atoms with Crippen LogP contribution in [0, 0.1) is 0 Å². The lowest BCUT2D eigenvalue weighted by Crippen LogP contribution is -2.38. The molecule has 4 N–H and O–H groups in total. The molecule has 12 heavy (non-hydrogen) atoms. The smallest absolute Gasteiger partial charge is 0.390 e. The van der Waals surface area contributed by atoms with E-state index in [-0.39, 0.29) is 6.04 Å². The van der Waals surface area contributed by atoms with E-state index in [1.165, 1.54) is 12.8 Å². The van der Waals surface area contributed by atoms with Gasteiger partial charge in [-0.1, -0.05) is 19.8 Å². The summed E-state index contributed by atoms with van der Waals surface area (Å²) in [6.07, 6.45) is 3.47. The fourth-order valence-corrected chi connectivity index (χ4v) is 1.39. The van der Waals surface area contributed by atoms with Crippen molar-refractivity contribution in [2.45, 2.75) is 32.2 Å². The average Bonchev–Trinajstić information content (AvgIpc) is 1.94. The number of hydrogen-bond donors (Lipinski definition) is 4. The summed E-state index contributed by atoms with van der Waals surface area (Å²) < 4.78 is 0. The lowest BCUT2D eigenvalue weighted by molar-refractivity contribution is 0.227. The first-order chi connectivity index (χ1) is 5.56. The molecule has 5 heteroatoms. The standard InChI is InChI=1S/C7H19NO3Si/c1-2-3-4-5-8-6-7-12(9,10)11/h8-11H,2-7H2,1H3. The second-order valence-electron chi connectivity index (χ2n) is 2.98. The molecule has 0 atom stereocenters. The summed E-state index contributed by atoms with van der Waals surface area (Å²) in [5.74, 6) is 0. The van der Waals surface area contributed by atoms with Gasteiger partial charge in [0.05, 0.1) is 0 Å². The van der Waals surface area contributed by atoms with Crippen LogP contribution in [0.5, 0.6) is 0 Å². The van der Waals surface area contributed by atoms with Gasteiger partial charge in [0.25, 0.3) is 0 Å². The highest BCUT2D eigenvalue weighted by molar-refractivity contribution is 6.56. The molecule has 74 valence electrons. The molecular weight excluding hydrogens is 174 g/mol. The molecule has 0 bridgehead atoms. The van der Waals surface area contributed by atoms with Gasteiger partial charge in [-0.05, 0) is 19.5 Å². The highest BCUT2D eigenvalue weighted by Gasteiger charge is 2.25. The predicted octanol–water partition coefficient (Wildman–Crippen LogP) is -0.318. The lowest BCUT2D eigenvalue weighted by Gasteiger charge is -2.09. The summed E-state index contributed by atoms with van der Waals surface area (Å²) >= 11 is 0. The van der Waals surface area contributed by atoms with Gasteiger partial charge >= 0.3 is 8.80 Å². The molecule has 0 aromatic heterocycles. The molecule has 4 nitrogen and oxygen atoms in total. The van der Waals surface area contributed by atoms with Crippen molar-refractivity contribution in [3.8, 4) is 0 Å². The molecule has 0 amide bonds. The Bertz CT molecular complexity index is 105. The highest BCUT2D eigenvalue weighted by Crippen LogP contribution is 1.94. The van der Waals surface area contributed by atoms with Crippen LogP contribution in [0.2, 0.25) is 6.04 Å². The number of nitrogens with one attached hydrogen (secondary N) is 1. The Morgan fingerprint density at radius 3 is 2.25 bits per heavy atom. The second kappa shape index (κ2) is 6.56. The van der Waals surface area contributed by atoms with Crippen LogP contribution in [0.3, 0.4) is 0 Å². The Morgan fingerprint density at radius 2 is 1.75 bits per heavy atom. The van der Waals surface area contributed by atoms with Crippen molar-refractivity contribution in [2.75, 3.05) is 13.1 Å². The first kappa shape index (κ1) is 12.1. The van der Waals surface area contributed by atoms with Crippen LogP contribution in [0.1, 0.15) is 26.2 Å². The van der Waals surface area contributed by atoms with Crippen LogP contribution in [-0.4, -0.2) is 36.3 Å². The average molecular weight is 193 g/mol. The molecule has 0 radical (unpaired) electrons. The van der Waals surface area contributed by atoms with Crippen molar-refractivity contribution in [1.29, 1.82) is 0 Å². The van der Waals surface area contributed by atoms with Crippen molar-refractivity contribution in [2.24, 2.45) is 0 Å². The Labute approximate surface area is 74.6 Å². The van der Waals surface area contributed by atoms with Crippen molar-refractivity contribution in [3.05, 3.63) is 0 Å². The highest BCUT2D eigenvalue weighted by atomic mass is 28.4. The summed E-state index contributed by atoms with van der Waals surface area (Å²) in [4.78, 5) is 25.9. The van der Waals surface area contributed by atoms with E-state index < -0.39 is 8.80 Å². The summed E-state index contributed by atoms with van der Waals surface area (Å²) in [5.41, 5.74) is 0. The third-order valence-electron chi connectivity index (χ3n) is 1.59. The molecular formula is C7H19NO3Si. The molecule has 0 aromatic carbocycles. The van der Waals surface area contributed by atoms with Crippen LogP contribution >= 0.6 is 0 Å². The van der Waals surface area contributed by atoms with E-state index in [4.69, 9.17) is 14.4 Å². The molecule has 0 saturated heterocycles. The maximum Gasteiger partial charge on any atom is 0.494 e. The van der Waals surface area contributed by atoms with Crippen LogP contribution in [0.4, 0.5) is 0 Å². The molecule has 0 heterocycles. The van der Waals surface area contributed by atoms with E-state index in [9.17, 15) is 0 Å². The molecule has 0 rings (SSSR count). The molecule has 0 saturated carbocycles. The van der Waals surface area contributed by atoms with E-state index in [2.05, 4.69) is 12.2 Å². The maximum atomic E-state index is 8.63. The summed E-state index contributed by atoms with van der Waals surface area (Å²) in [6.45, 7) is 3.50. The van der Waals surface area contributed by atoms with Crippen molar-refractivity contribution in [3.63, 3.8) is 0 Å². The molecule has 0 aromatic rings. The van der Waals surface area contributed by atoms with Gasteiger partial charge in [0.1, 0.15) is 0 Å². The van der Waals surface area contributed by atoms with E-state index >= 15 is 0 Å². The minimum absolute atomic E-state index is 0.0825. The Balaban J connectivity index is 3.01. The summed E-state index contributed by atoms with van der Waals surface area (Å²) in [5, 5.41) is 3.03. The number of rotatable bonds is 7. The van der Waals surface area contributed by atoms with Crippen molar-refractivity contribution in [1.82, 2.24) is 5.32 Å².